The van der Waals surface area contributed by atoms with Crippen LogP contribution in [0.25, 0.3) is 21.8 Å². The van der Waals surface area contributed by atoms with Crippen LogP contribution in [0.3, 0.4) is 0 Å². The molecule has 26 heavy (non-hydrogen) atoms. The molecule has 0 aliphatic heterocycles. The molecule has 0 aliphatic rings. The van der Waals surface area contributed by atoms with Gasteiger partial charge < -0.3 is 14.6 Å². The molecule has 0 fully saturated rings. The molecule has 0 spiro atoms. The molecule has 1 atom stereocenters. The van der Waals surface area contributed by atoms with Crippen LogP contribution in [0.15, 0.2) is 22.8 Å². The Labute approximate surface area is 155 Å². The Bertz CT molecular complexity index is 976. The van der Waals surface area contributed by atoms with E-state index in [1.165, 1.54) is 16.2 Å². The van der Waals surface area contributed by atoms with Crippen LogP contribution in [-0.4, -0.2) is 46.8 Å². The zero-order valence-electron chi connectivity index (χ0n) is 15.3. The van der Waals surface area contributed by atoms with Gasteiger partial charge in [-0.3, -0.25) is 9.59 Å². The number of thiophene rings is 1. The molecule has 7 nitrogen and oxygen atoms in total. The lowest BCUT2D eigenvalue weighted by atomic mass is 10.1. The van der Waals surface area contributed by atoms with Crippen molar-refractivity contribution in [1.82, 2.24) is 20.2 Å². The van der Waals surface area contributed by atoms with Crippen molar-refractivity contribution in [3.63, 3.8) is 0 Å². The quantitative estimate of drug-likeness (QED) is 0.761. The molecule has 0 saturated carbocycles. The highest BCUT2D eigenvalue weighted by Gasteiger charge is 2.23. The standard InChI is InChI=1S/C18H20N4O3S/c1-9-13-10(2)19-15(12-7-6-8-25-12)21-17(13)26-14(9)16(23)20-11(3)18(24)22(4)5/h6-8,11H,1-5H3,(H,20,23)/t11-/m0/s1. The van der Waals surface area contributed by atoms with Gasteiger partial charge in [0.2, 0.25) is 5.91 Å². The molecule has 0 bridgehead atoms. The summed E-state index contributed by atoms with van der Waals surface area (Å²) in [5, 5.41) is 3.62. The van der Waals surface area contributed by atoms with Gasteiger partial charge in [-0.1, -0.05) is 0 Å². The molecule has 3 aromatic rings. The van der Waals surface area contributed by atoms with Crippen molar-refractivity contribution in [3.8, 4) is 11.6 Å². The highest BCUT2D eigenvalue weighted by molar-refractivity contribution is 7.20. The van der Waals surface area contributed by atoms with Crippen molar-refractivity contribution in [2.45, 2.75) is 26.8 Å². The first-order valence-corrected chi connectivity index (χ1v) is 8.95. The minimum atomic E-state index is -0.604. The fourth-order valence-corrected chi connectivity index (χ4v) is 3.92. The zero-order valence-corrected chi connectivity index (χ0v) is 16.1. The van der Waals surface area contributed by atoms with Crippen molar-refractivity contribution < 1.29 is 14.0 Å². The van der Waals surface area contributed by atoms with Crippen LogP contribution < -0.4 is 5.32 Å². The van der Waals surface area contributed by atoms with Crippen LogP contribution in [0, 0.1) is 13.8 Å². The van der Waals surface area contributed by atoms with Gasteiger partial charge >= 0.3 is 0 Å². The minimum absolute atomic E-state index is 0.159. The van der Waals surface area contributed by atoms with Gasteiger partial charge in [0.15, 0.2) is 11.6 Å². The fourth-order valence-electron chi connectivity index (χ4n) is 2.78. The molecular formula is C18H20N4O3S. The van der Waals surface area contributed by atoms with Crippen LogP contribution in [0.2, 0.25) is 0 Å². The first kappa shape index (κ1) is 18.1. The number of furan rings is 1. The summed E-state index contributed by atoms with van der Waals surface area (Å²) in [7, 11) is 3.32. The third kappa shape index (κ3) is 3.20. The van der Waals surface area contributed by atoms with Gasteiger partial charge in [0.1, 0.15) is 10.9 Å². The third-order valence-electron chi connectivity index (χ3n) is 4.08. The summed E-state index contributed by atoms with van der Waals surface area (Å²) in [4.78, 5) is 36.4. The second-order valence-electron chi connectivity index (χ2n) is 6.27. The Kier molecular flexibility index (Phi) is 4.78. The number of fused-ring (bicyclic) bond motifs is 1. The zero-order chi connectivity index (χ0) is 19.0. The Morgan fingerprint density at radius 2 is 2.00 bits per heavy atom. The van der Waals surface area contributed by atoms with Crippen LogP contribution in [0.5, 0.6) is 0 Å². The maximum atomic E-state index is 12.7. The Morgan fingerprint density at radius 3 is 2.62 bits per heavy atom. The molecule has 0 radical (unpaired) electrons. The molecule has 1 N–H and O–H groups in total. The van der Waals surface area contributed by atoms with Gasteiger partial charge in [-0.25, -0.2) is 9.97 Å². The van der Waals surface area contributed by atoms with E-state index in [1.807, 2.05) is 13.8 Å². The van der Waals surface area contributed by atoms with Gasteiger partial charge in [0.05, 0.1) is 16.8 Å². The molecule has 2 amide bonds. The first-order chi connectivity index (χ1) is 12.3. The summed E-state index contributed by atoms with van der Waals surface area (Å²) in [6, 6.07) is 2.97. The number of aryl methyl sites for hydroxylation is 2. The summed E-state index contributed by atoms with van der Waals surface area (Å²) in [6.07, 6.45) is 1.57. The van der Waals surface area contributed by atoms with E-state index in [0.717, 1.165) is 21.5 Å². The number of hydrogen-bond donors (Lipinski definition) is 1. The largest absolute Gasteiger partial charge is 0.461 e. The SMILES string of the molecule is Cc1nc(-c2ccco2)nc2sc(C(=O)N[C@@H](C)C(=O)N(C)C)c(C)c12. The maximum absolute atomic E-state index is 12.7. The fraction of sp³-hybridized carbons (Fsp3) is 0.333. The number of nitrogens with zero attached hydrogens (tertiary/aromatic N) is 3. The summed E-state index contributed by atoms with van der Waals surface area (Å²) in [6.45, 7) is 5.42. The lowest BCUT2D eigenvalue weighted by Gasteiger charge is -2.17. The van der Waals surface area contributed by atoms with Crippen LogP contribution >= 0.6 is 11.3 Å². The Morgan fingerprint density at radius 1 is 1.27 bits per heavy atom. The monoisotopic (exact) mass is 372 g/mol. The Hall–Kier alpha value is -2.74. The van der Waals surface area contributed by atoms with E-state index >= 15 is 0 Å². The number of rotatable bonds is 4. The summed E-state index contributed by atoms with van der Waals surface area (Å²) >= 11 is 1.29. The van der Waals surface area contributed by atoms with Crippen molar-refractivity contribution in [3.05, 3.63) is 34.5 Å². The second-order valence-corrected chi connectivity index (χ2v) is 7.27. The van der Waals surface area contributed by atoms with E-state index in [0.29, 0.717) is 16.5 Å². The normalized spacial score (nSPS) is 12.2. The molecule has 3 rings (SSSR count). The van der Waals surface area contributed by atoms with Gasteiger partial charge in [0.25, 0.3) is 5.91 Å². The smallest absolute Gasteiger partial charge is 0.262 e. The van der Waals surface area contributed by atoms with E-state index in [-0.39, 0.29) is 11.8 Å². The summed E-state index contributed by atoms with van der Waals surface area (Å²) in [5.41, 5.74) is 1.60. The number of carbonyl (C=O) groups excluding carboxylic acids is 2. The van der Waals surface area contributed by atoms with E-state index in [4.69, 9.17) is 4.42 Å². The van der Waals surface area contributed by atoms with E-state index in [2.05, 4.69) is 15.3 Å². The highest BCUT2D eigenvalue weighted by Crippen LogP contribution is 2.33. The van der Waals surface area contributed by atoms with Crippen molar-refractivity contribution in [1.29, 1.82) is 0 Å². The van der Waals surface area contributed by atoms with Crippen molar-refractivity contribution in [2.24, 2.45) is 0 Å². The lowest BCUT2D eigenvalue weighted by Crippen LogP contribution is -2.44. The number of hydrogen-bond acceptors (Lipinski definition) is 6. The first-order valence-electron chi connectivity index (χ1n) is 8.13. The highest BCUT2D eigenvalue weighted by atomic mass is 32.1. The minimum Gasteiger partial charge on any atom is -0.461 e. The van der Waals surface area contributed by atoms with E-state index in [1.54, 1.807) is 39.4 Å². The molecule has 0 aliphatic carbocycles. The summed E-state index contributed by atoms with van der Waals surface area (Å²) in [5.74, 6) is 0.627. The van der Waals surface area contributed by atoms with Gasteiger partial charge in [-0.2, -0.15) is 0 Å². The molecule has 0 unspecified atom stereocenters. The average Bonchev–Trinajstić information content (AvgIpc) is 3.22. The van der Waals surface area contributed by atoms with Gasteiger partial charge in [0, 0.05) is 19.5 Å². The number of nitrogens with one attached hydrogen (secondary N) is 1. The molecule has 0 saturated heterocycles. The molecule has 136 valence electrons. The second kappa shape index (κ2) is 6.87. The van der Waals surface area contributed by atoms with E-state index in [9.17, 15) is 9.59 Å². The van der Waals surface area contributed by atoms with Crippen LogP contribution in [-0.2, 0) is 4.79 Å². The van der Waals surface area contributed by atoms with Crippen molar-refractivity contribution >= 4 is 33.4 Å². The number of aromatic nitrogens is 2. The van der Waals surface area contributed by atoms with Crippen molar-refractivity contribution in [2.75, 3.05) is 14.1 Å². The van der Waals surface area contributed by atoms with E-state index < -0.39 is 6.04 Å². The number of carbonyl (C=O) groups is 2. The van der Waals surface area contributed by atoms with Crippen LogP contribution in [0.4, 0.5) is 0 Å². The third-order valence-corrected chi connectivity index (χ3v) is 5.26. The topological polar surface area (TPSA) is 88.3 Å². The lowest BCUT2D eigenvalue weighted by molar-refractivity contribution is -0.130. The molecule has 0 aromatic carbocycles. The van der Waals surface area contributed by atoms with Crippen LogP contribution in [0.1, 0.15) is 27.9 Å². The average molecular weight is 372 g/mol. The number of amides is 2. The molecule has 3 aromatic heterocycles. The predicted molar refractivity (Wildman–Crippen MR) is 100 cm³/mol. The maximum Gasteiger partial charge on any atom is 0.262 e. The predicted octanol–water partition coefficient (Wildman–Crippen LogP) is 2.77. The molecule has 8 heteroatoms. The van der Waals surface area contributed by atoms with Gasteiger partial charge in [-0.05, 0) is 38.5 Å². The number of likely N-dealkylation sites (N-methyl/N-ethyl adjacent to an activating group) is 1. The Balaban J connectivity index is 1.97. The summed E-state index contributed by atoms with van der Waals surface area (Å²) < 4.78 is 5.37. The molecular weight excluding hydrogens is 352 g/mol. The molecule has 3 heterocycles. The van der Waals surface area contributed by atoms with Gasteiger partial charge in [-0.15, -0.1) is 11.3 Å².